The van der Waals surface area contributed by atoms with Crippen LogP contribution in [0.2, 0.25) is 0 Å². The lowest BCUT2D eigenvalue weighted by Gasteiger charge is -2.18. The van der Waals surface area contributed by atoms with E-state index in [1.165, 1.54) is 0 Å². The van der Waals surface area contributed by atoms with Gasteiger partial charge in [-0.3, -0.25) is 9.09 Å². The van der Waals surface area contributed by atoms with E-state index >= 15 is 0 Å². The molecule has 3 nitrogen and oxygen atoms in total. The Hall–Kier alpha value is 0.370. The standard InChI is InChI=1S/C7H15ClFO3P/c1-3-5-13(10,11-4-2)12-7(9)6-8/h7H,3-6H2,1-2H3. The zero-order valence-electron chi connectivity index (χ0n) is 7.83. The molecule has 0 N–H and O–H groups in total. The number of rotatable bonds is 7. The first-order valence-electron chi connectivity index (χ1n) is 4.20. The third-order valence-electron chi connectivity index (χ3n) is 1.22. The van der Waals surface area contributed by atoms with Crippen LogP contribution in [0, 0.1) is 0 Å². The molecule has 0 fully saturated rings. The van der Waals surface area contributed by atoms with Gasteiger partial charge in [-0.15, -0.1) is 11.6 Å². The molecular formula is C7H15ClFO3P. The Morgan fingerprint density at radius 2 is 2.15 bits per heavy atom. The Morgan fingerprint density at radius 1 is 1.54 bits per heavy atom. The maximum absolute atomic E-state index is 12.7. The highest BCUT2D eigenvalue weighted by Crippen LogP contribution is 2.49. The summed E-state index contributed by atoms with van der Waals surface area (Å²) in [5.74, 6) is -0.333. The fourth-order valence-electron chi connectivity index (χ4n) is 0.821. The molecule has 80 valence electrons. The molecule has 0 aromatic rings. The first-order chi connectivity index (χ1) is 6.08. The van der Waals surface area contributed by atoms with Crippen LogP contribution in [0.25, 0.3) is 0 Å². The van der Waals surface area contributed by atoms with Crippen LogP contribution < -0.4 is 0 Å². The van der Waals surface area contributed by atoms with Crippen molar-refractivity contribution in [2.24, 2.45) is 0 Å². The minimum absolute atomic E-state index is 0.220. The van der Waals surface area contributed by atoms with Crippen molar-refractivity contribution in [3.05, 3.63) is 0 Å². The highest BCUT2D eigenvalue weighted by atomic mass is 35.5. The molecule has 0 saturated heterocycles. The lowest BCUT2D eigenvalue weighted by molar-refractivity contribution is 0.0660. The molecule has 0 aliphatic carbocycles. The summed E-state index contributed by atoms with van der Waals surface area (Å²) >= 11 is 5.18. The zero-order chi connectivity index (χ0) is 10.3. The van der Waals surface area contributed by atoms with Crippen LogP contribution in [-0.2, 0) is 13.6 Å². The summed E-state index contributed by atoms with van der Waals surface area (Å²) in [6.07, 6.45) is -0.879. The Bertz CT molecular complexity index is 169. The van der Waals surface area contributed by atoms with Crippen molar-refractivity contribution in [1.82, 2.24) is 0 Å². The van der Waals surface area contributed by atoms with Crippen molar-refractivity contribution in [3.8, 4) is 0 Å². The van der Waals surface area contributed by atoms with Crippen LogP contribution in [0.3, 0.4) is 0 Å². The van der Waals surface area contributed by atoms with Crippen LogP contribution >= 0.6 is 19.2 Å². The van der Waals surface area contributed by atoms with Gasteiger partial charge in [-0.25, -0.2) is 4.39 Å². The van der Waals surface area contributed by atoms with E-state index in [-0.39, 0.29) is 18.6 Å². The fourth-order valence-corrected chi connectivity index (χ4v) is 2.63. The van der Waals surface area contributed by atoms with Gasteiger partial charge in [-0.1, -0.05) is 6.92 Å². The van der Waals surface area contributed by atoms with Gasteiger partial charge in [0.05, 0.1) is 12.5 Å². The first-order valence-corrected chi connectivity index (χ1v) is 6.46. The van der Waals surface area contributed by atoms with Crippen LogP contribution in [0.5, 0.6) is 0 Å². The summed E-state index contributed by atoms with van der Waals surface area (Å²) in [5.41, 5.74) is 0. The van der Waals surface area contributed by atoms with E-state index in [0.717, 1.165) is 0 Å². The quantitative estimate of drug-likeness (QED) is 0.500. The Kier molecular flexibility index (Phi) is 6.96. The zero-order valence-corrected chi connectivity index (χ0v) is 9.48. The van der Waals surface area contributed by atoms with E-state index in [1.807, 2.05) is 6.92 Å². The van der Waals surface area contributed by atoms with Crippen molar-refractivity contribution in [2.45, 2.75) is 26.6 Å². The first kappa shape index (κ1) is 13.4. The minimum atomic E-state index is -3.25. The molecule has 0 aliphatic heterocycles. The van der Waals surface area contributed by atoms with Gasteiger partial charge in [-0.2, -0.15) is 0 Å². The number of hydrogen-bond donors (Lipinski definition) is 0. The van der Waals surface area contributed by atoms with E-state index < -0.39 is 14.0 Å². The van der Waals surface area contributed by atoms with Gasteiger partial charge in [-0.05, 0) is 13.3 Å². The molecule has 0 amide bonds. The summed E-state index contributed by atoms with van der Waals surface area (Å²) in [6.45, 7) is 3.74. The van der Waals surface area contributed by atoms with Gasteiger partial charge in [0.15, 0.2) is 0 Å². The highest BCUT2D eigenvalue weighted by molar-refractivity contribution is 7.53. The molecule has 0 spiro atoms. The Labute approximate surface area is 83.1 Å². The second kappa shape index (κ2) is 6.77. The highest BCUT2D eigenvalue weighted by Gasteiger charge is 2.26. The molecule has 2 unspecified atom stereocenters. The van der Waals surface area contributed by atoms with E-state index in [0.29, 0.717) is 6.42 Å². The third-order valence-corrected chi connectivity index (χ3v) is 3.66. The van der Waals surface area contributed by atoms with Gasteiger partial charge < -0.3 is 4.52 Å². The molecule has 2 atom stereocenters. The average molecular weight is 233 g/mol. The average Bonchev–Trinajstić information content (AvgIpc) is 2.04. The van der Waals surface area contributed by atoms with Crippen molar-refractivity contribution >= 4 is 19.2 Å². The molecule has 0 rings (SSSR count). The van der Waals surface area contributed by atoms with Crippen LogP contribution in [0.4, 0.5) is 4.39 Å². The molecule has 6 heteroatoms. The van der Waals surface area contributed by atoms with Crippen molar-refractivity contribution in [2.75, 3.05) is 18.6 Å². The van der Waals surface area contributed by atoms with E-state index in [2.05, 4.69) is 4.52 Å². The molecule has 0 aliphatic rings. The molecule has 13 heavy (non-hydrogen) atoms. The Morgan fingerprint density at radius 3 is 2.54 bits per heavy atom. The number of hydrogen-bond acceptors (Lipinski definition) is 3. The van der Waals surface area contributed by atoms with E-state index in [4.69, 9.17) is 16.1 Å². The maximum Gasteiger partial charge on any atom is 0.333 e. The largest absolute Gasteiger partial charge is 0.333 e. The van der Waals surface area contributed by atoms with Gasteiger partial charge in [0.1, 0.15) is 0 Å². The van der Waals surface area contributed by atoms with E-state index in [1.54, 1.807) is 6.92 Å². The molecule has 0 aromatic carbocycles. The monoisotopic (exact) mass is 232 g/mol. The Balaban J connectivity index is 4.14. The molecule has 0 radical (unpaired) electrons. The predicted molar refractivity (Wildman–Crippen MR) is 51.1 cm³/mol. The molecule has 0 bridgehead atoms. The number of alkyl halides is 2. The SMILES string of the molecule is CCCP(=O)(OCC)OC(F)CCl. The van der Waals surface area contributed by atoms with Gasteiger partial charge >= 0.3 is 7.60 Å². The maximum atomic E-state index is 12.7. The van der Waals surface area contributed by atoms with Crippen LogP contribution in [0.1, 0.15) is 20.3 Å². The van der Waals surface area contributed by atoms with Gasteiger partial charge in [0.25, 0.3) is 0 Å². The van der Waals surface area contributed by atoms with Crippen molar-refractivity contribution in [1.29, 1.82) is 0 Å². The lowest BCUT2D eigenvalue weighted by atomic mass is 10.6. The lowest BCUT2D eigenvalue weighted by Crippen LogP contribution is -2.09. The van der Waals surface area contributed by atoms with Gasteiger partial charge in [0.2, 0.25) is 6.36 Å². The summed E-state index contributed by atoms with van der Waals surface area (Å²) in [7, 11) is -3.25. The topological polar surface area (TPSA) is 35.5 Å². The van der Waals surface area contributed by atoms with Gasteiger partial charge in [0, 0.05) is 6.16 Å². The normalized spacial score (nSPS) is 18.2. The minimum Gasteiger partial charge on any atom is -0.309 e. The second-order valence-electron chi connectivity index (χ2n) is 2.42. The summed E-state index contributed by atoms with van der Waals surface area (Å²) in [5, 5.41) is 0. The summed E-state index contributed by atoms with van der Waals surface area (Å²) in [4.78, 5) is 0. The third kappa shape index (κ3) is 5.63. The van der Waals surface area contributed by atoms with Crippen LogP contribution in [0.15, 0.2) is 0 Å². The molecular weight excluding hydrogens is 217 g/mol. The second-order valence-corrected chi connectivity index (χ2v) is 4.87. The fraction of sp³-hybridized carbons (Fsp3) is 1.00. The molecule has 0 saturated carbocycles. The predicted octanol–water partition coefficient (Wildman–Crippen LogP) is 3.18. The summed E-state index contributed by atoms with van der Waals surface area (Å²) < 4.78 is 33.8. The van der Waals surface area contributed by atoms with Crippen molar-refractivity contribution in [3.63, 3.8) is 0 Å². The summed E-state index contributed by atoms with van der Waals surface area (Å²) in [6, 6.07) is 0. The van der Waals surface area contributed by atoms with Crippen molar-refractivity contribution < 1.29 is 18.0 Å². The smallest absolute Gasteiger partial charge is 0.309 e. The van der Waals surface area contributed by atoms with E-state index in [9.17, 15) is 8.96 Å². The molecule has 0 heterocycles. The molecule has 0 aromatic heterocycles. The number of halogens is 2. The van der Waals surface area contributed by atoms with Crippen LogP contribution in [-0.4, -0.2) is 25.0 Å².